The number of carbonyl (C=O) groups excluding carboxylic acids is 1. The van der Waals surface area contributed by atoms with Gasteiger partial charge in [-0.25, -0.2) is 9.79 Å². The molecular weight excluding hydrogens is 520 g/mol. The van der Waals surface area contributed by atoms with Crippen molar-refractivity contribution in [2.24, 2.45) is 4.99 Å². The van der Waals surface area contributed by atoms with Gasteiger partial charge in [0.2, 0.25) is 0 Å². The van der Waals surface area contributed by atoms with Gasteiger partial charge in [-0.05, 0) is 37.3 Å². The SMILES string of the molecule is COC(=O)C1=C(C)N=c2s/c(=C\c3cc(OC)c(OC)cc3OC)c(=O)n2[C@@H]1c1cc(Cl)ccc1OC. The number of allylic oxidation sites excluding steroid dienone is 1. The van der Waals surface area contributed by atoms with E-state index in [0.717, 1.165) is 0 Å². The third-order valence-electron chi connectivity index (χ3n) is 5.94. The number of hydrogen-bond donors (Lipinski definition) is 0. The van der Waals surface area contributed by atoms with Crippen LogP contribution in [0, 0.1) is 0 Å². The summed E-state index contributed by atoms with van der Waals surface area (Å²) in [7, 11) is 7.37. The van der Waals surface area contributed by atoms with Crippen molar-refractivity contribution in [2.45, 2.75) is 13.0 Å². The lowest BCUT2D eigenvalue weighted by atomic mass is 9.95. The lowest BCUT2D eigenvalue weighted by Crippen LogP contribution is -2.40. The van der Waals surface area contributed by atoms with Gasteiger partial charge in [-0.1, -0.05) is 22.9 Å². The predicted octanol–water partition coefficient (Wildman–Crippen LogP) is 3.10. The summed E-state index contributed by atoms with van der Waals surface area (Å²) in [6.07, 6.45) is 1.69. The van der Waals surface area contributed by atoms with E-state index in [-0.39, 0.29) is 11.1 Å². The van der Waals surface area contributed by atoms with Gasteiger partial charge < -0.3 is 23.7 Å². The average Bonchev–Trinajstić information content (AvgIpc) is 3.21. The topological polar surface area (TPSA) is 97.6 Å². The minimum absolute atomic E-state index is 0.214. The summed E-state index contributed by atoms with van der Waals surface area (Å²) in [5.41, 5.74) is 1.41. The molecular formula is C26H25ClN2O7S. The van der Waals surface area contributed by atoms with Crippen LogP contribution in [0.1, 0.15) is 24.1 Å². The van der Waals surface area contributed by atoms with Crippen molar-refractivity contribution in [1.82, 2.24) is 4.57 Å². The summed E-state index contributed by atoms with van der Waals surface area (Å²) in [6.45, 7) is 1.70. The molecule has 3 aromatic rings. The average molecular weight is 545 g/mol. The summed E-state index contributed by atoms with van der Waals surface area (Å²) in [6, 6.07) is 7.56. The zero-order valence-electron chi connectivity index (χ0n) is 21.1. The number of nitrogens with zero attached hydrogens (tertiary/aromatic N) is 2. The molecule has 0 radical (unpaired) electrons. The van der Waals surface area contributed by atoms with E-state index in [9.17, 15) is 9.59 Å². The van der Waals surface area contributed by atoms with E-state index in [0.29, 0.717) is 54.2 Å². The highest BCUT2D eigenvalue weighted by atomic mass is 35.5. The Bertz CT molecular complexity index is 1590. The van der Waals surface area contributed by atoms with Gasteiger partial charge in [-0.15, -0.1) is 0 Å². The minimum atomic E-state index is -0.869. The number of benzene rings is 2. The molecule has 1 atom stereocenters. The minimum Gasteiger partial charge on any atom is -0.496 e. The van der Waals surface area contributed by atoms with Crippen molar-refractivity contribution in [1.29, 1.82) is 0 Å². The normalized spacial score (nSPS) is 15.1. The van der Waals surface area contributed by atoms with Crippen LogP contribution in [-0.4, -0.2) is 46.1 Å². The molecule has 0 aliphatic carbocycles. The maximum atomic E-state index is 13.9. The molecule has 0 amide bonds. The second-order valence-corrected chi connectivity index (χ2v) is 9.35. The number of carbonyl (C=O) groups is 1. The number of halogens is 1. The zero-order valence-corrected chi connectivity index (χ0v) is 22.7. The highest BCUT2D eigenvalue weighted by molar-refractivity contribution is 7.07. The molecule has 0 bridgehead atoms. The number of methoxy groups -OCH3 is 5. The first kappa shape index (κ1) is 26.3. The number of thiazole rings is 1. The van der Waals surface area contributed by atoms with Crippen LogP contribution in [-0.2, 0) is 9.53 Å². The molecule has 2 aromatic carbocycles. The Kier molecular flexibility index (Phi) is 7.60. The molecule has 2 heterocycles. The smallest absolute Gasteiger partial charge is 0.338 e. The second-order valence-electron chi connectivity index (χ2n) is 7.91. The molecule has 37 heavy (non-hydrogen) atoms. The van der Waals surface area contributed by atoms with Crippen molar-refractivity contribution in [2.75, 3.05) is 35.5 Å². The van der Waals surface area contributed by atoms with Crippen LogP contribution in [0.5, 0.6) is 23.0 Å². The standard InChI is InChI=1S/C26H25ClN2O7S/c1-13-22(25(31)36-6)23(16-11-15(27)7-8-17(16)32-2)29-24(30)21(37-26(29)28-13)10-14-9-19(34-4)20(35-5)12-18(14)33-3/h7-12,23H,1-6H3/b21-10-/t23-/m1/s1. The molecule has 0 spiro atoms. The van der Waals surface area contributed by atoms with E-state index >= 15 is 0 Å². The van der Waals surface area contributed by atoms with E-state index in [1.165, 1.54) is 51.5 Å². The summed E-state index contributed by atoms with van der Waals surface area (Å²) < 4.78 is 28.7. The molecule has 194 valence electrons. The number of hydrogen-bond acceptors (Lipinski definition) is 9. The fourth-order valence-electron chi connectivity index (χ4n) is 4.21. The van der Waals surface area contributed by atoms with Gasteiger partial charge in [0, 0.05) is 22.2 Å². The van der Waals surface area contributed by atoms with E-state index in [2.05, 4.69) is 4.99 Å². The summed E-state index contributed by atoms with van der Waals surface area (Å²) in [4.78, 5) is 31.7. The number of aromatic nitrogens is 1. The summed E-state index contributed by atoms with van der Waals surface area (Å²) >= 11 is 7.50. The van der Waals surface area contributed by atoms with Gasteiger partial charge in [-0.2, -0.15) is 0 Å². The van der Waals surface area contributed by atoms with Crippen LogP contribution in [0.3, 0.4) is 0 Å². The van der Waals surface area contributed by atoms with E-state index in [1.807, 2.05) is 0 Å². The van der Waals surface area contributed by atoms with Gasteiger partial charge in [0.25, 0.3) is 5.56 Å². The van der Waals surface area contributed by atoms with Crippen molar-refractivity contribution in [3.8, 4) is 23.0 Å². The third-order valence-corrected chi connectivity index (χ3v) is 7.15. The van der Waals surface area contributed by atoms with Gasteiger partial charge in [0.15, 0.2) is 16.3 Å². The van der Waals surface area contributed by atoms with Crippen molar-refractivity contribution >= 4 is 35.0 Å². The molecule has 1 aliphatic heterocycles. The van der Waals surface area contributed by atoms with Crippen molar-refractivity contribution in [3.05, 3.63) is 77.4 Å². The van der Waals surface area contributed by atoms with Crippen molar-refractivity contribution in [3.63, 3.8) is 0 Å². The molecule has 0 saturated carbocycles. The van der Waals surface area contributed by atoms with Gasteiger partial charge in [-0.3, -0.25) is 9.36 Å². The first-order valence-electron chi connectivity index (χ1n) is 11.0. The Morgan fingerprint density at radius 1 is 0.973 bits per heavy atom. The van der Waals surface area contributed by atoms with E-state index in [1.54, 1.807) is 43.3 Å². The molecule has 0 fully saturated rings. The summed E-state index contributed by atoms with van der Waals surface area (Å²) in [5.74, 6) is 1.31. The van der Waals surface area contributed by atoms with E-state index < -0.39 is 12.0 Å². The van der Waals surface area contributed by atoms with Gasteiger partial charge in [0.05, 0.1) is 51.4 Å². The molecule has 0 N–H and O–H groups in total. The first-order valence-corrected chi connectivity index (χ1v) is 12.2. The maximum Gasteiger partial charge on any atom is 0.338 e. The van der Waals surface area contributed by atoms with Gasteiger partial charge in [0.1, 0.15) is 17.5 Å². The Morgan fingerprint density at radius 3 is 2.24 bits per heavy atom. The quantitative estimate of drug-likeness (QED) is 0.422. The van der Waals surface area contributed by atoms with Crippen molar-refractivity contribution < 1.29 is 28.5 Å². The maximum absolute atomic E-state index is 13.9. The van der Waals surface area contributed by atoms with Crippen LogP contribution in [0.15, 0.2) is 51.4 Å². The lowest BCUT2D eigenvalue weighted by Gasteiger charge is -2.25. The molecule has 11 heteroatoms. The molecule has 9 nitrogen and oxygen atoms in total. The first-order chi connectivity index (χ1) is 17.8. The highest BCUT2D eigenvalue weighted by Crippen LogP contribution is 2.38. The number of ether oxygens (including phenoxy) is 5. The fraction of sp³-hybridized carbons (Fsp3) is 0.269. The fourth-order valence-corrected chi connectivity index (χ4v) is 5.43. The van der Waals surface area contributed by atoms with E-state index in [4.69, 9.17) is 35.3 Å². The van der Waals surface area contributed by atoms with Crippen LogP contribution in [0.4, 0.5) is 0 Å². The largest absolute Gasteiger partial charge is 0.496 e. The Morgan fingerprint density at radius 2 is 1.62 bits per heavy atom. The monoisotopic (exact) mass is 544 g/mol. The number of esters is 1. The Balaban J connectivity index is 2.03. The lowest BCUT2D eigenvalue weighted by molar-refractivity contribution is -0.136. The Hall–Kier alpha value is -3.76. The highest BCUT2D eigenvalue weighted by Gasteiger charge is 2.35. The summed E-state index contributed by atoms with van der Waals surface area (Å²) in [5, 5.41) is 0.423. The molecule has 0 saturated heterocycles. The van der Waals surface area contributed by atoms with Crippen LogP contribution >= 0.6 is 22.9 Å². The molecule has 1 aromatic heterocycles. The van der Waals surface area contributed by atoms with Gasteiger partial charge >= 0.3 is 5.97 Å². The third kappa shape index (κ3) is 4.70. The number of fused-ring (bicyclic) bond motifs is 1. The van der Waals surface area contributed by atoms with Crippen LogP contribution < -0.4 is 33.8 Å². The number of rotatable bonds is 7. The zero-order chi connectivity index (χ0) is 26.9. The Labute approximate surface area is 221 Å². The van der Waals surface area contributed by atoms with Crippen LogP contribution in [0.25, 0.3) is 6.08 Å². The molecule has 0 unspecified atom stereocenters. The second kappa shape index (κ2) is 10.7. The molecule has 4 rings (SSSR count). The molecule has 1 aliphatic rings. The van der Waals surface area contributed by atoms with Crippen LogP contribution in [0.2, 0.25) is 5.02 Å². The predicted molar refractivity (Wildman–Crippen MR) is 140 cm³/mol.